The standard InChI is InChI=1S/C17H24O3/c1-11(2)6-5-7-17(4)10-15(19)13-9-14(18)12(3)8-16(13)20-17/h8-9,11,18H,5-7,10H2,1-4H3. The fourth-order valence-corrected chi connectivity index (χ4v) is 2.73. The first-order chi connectivity index (χ1) is 9.31. The number of phenols is 1. The summed E-state index contributed by atoms with van der Waals surface area (Å²) in [5.41, 5.74) is 0.833. The molecule has 1 atom stereocenters. The van der Waals surface area contributed by atoms with E-state index >= 15 is 0 Å². The number of Topliss-reactive ketones (excluding diaryl/α,β-unsaturated/α-hetero) is 1. The lowest BCUT2D eigenvalue weighted by Crippen LogP contribution is -2.39. The third-order valence-electron chi connectivity index (χ3n) is 3.98. The van der Waals surface area contributed by atoms with Crippen molar-refractivity contribution in [1.29, 1.82) is 0 Å². The molecule has 1 aliphatic heterocycles. The SMILES string of the molecule is Cc1cc2c(cc1O)C(=O)CC(C)(CCCC(C)C)O2. The molecule has 0 aromatic heterocycles. The maximum atomic E-state index is 12.3. The van der Waals surface area contributed by atoms with Crippen molar-refractivity contribution in [2.45, 2.75) is 59.0 Å². The molecule has 1 N–H and O–H groups in total. The lowest BCUT2D eigenvalue weighted by Gasteiger charge is -2.35. The molecule has 0 saturated heterocycles. The molecule has 0 fully saturated rings. The fraction of sp³-hybridized carbons (Fsp3) is 0.588. The highest BCUT2D eigenvalue weighted by molar-refractivity contribution is 6.00. The summed E-state index contributed by atoms with van der Waals surface area (Å²) in [6, 6.07) is 3.29. The third kappa shape index (κ3) is 3.14. The monoisotopic (exact) mass is 276 g/mol. The quantitative estimate of drug-likeness (QED) is 0.894. The van der Waals surface area contributed by atoms with Crippen molar-refractivity contribution < 1.29 is 14.6 Å². The Hall–Kier alpha value is -1.51. The minimum atomic E-state index is -0.414. The predicted molar refractivity (Wildman–Crippen MR) is 79.5 cm³/mol. The van der Waals surface area contributed by atoms with Crippen LogP contribution in [0.15, 0.2) is 12.1 Å². The number of carbonyl (C=O) groups is 1. The summed E-state index contributed by atoms with van der Waals surface area (Å²) >= 11 is 0. The number of ether oxygens (including phenoxy) is 1. The van der Waals surface area contributed by atoms with Crippen LogP contribution in [0.5, 0.6) is 11.5 Å². The van der Waals surface area contributed by atoms with E-state index in [9.17, 15) is 9.90 Å². The highest BCUT2D eigenvalue weighted by atomic mass is 16.5. The Morgan fingerprint density at radius 2 is 2.10 bits per heavy atom. The van der Waals surface area contributed by atoms with Gasteiger partial charge < -0.3 is 9.84 Å². The highest BCUT2D eigenvalue weighted by Gasteiger charge is 2.36. The molecule has 0 amide bonds. The third-order valence-corrected chi connectivity index (χ3v) is 3.98. The van der Waals surface area contributed by atoms with Crippen LogP contribution in [0.3, 0.4) is 0 Å². The molecule has 3 heteroatoms. The van der Waals surface area contributed by atoms with Gasteiger partial charge in [0.2, 0.25) is 0 Å². The van der Waals surface area contributed by atoms with Crippen LogP contribution in [0.25, 0.3) is 0 Å². The molecule has 1 unspecified atom stereocenters. The molecule has 1 aliphatic rings. The van der Waals surface area contributed by atoms with Crippen LogP contribution in [0.1, 0.15) is 62.4 Å². The van der Waals surface area contributed by atoms with Gasteiger partial charge in [0.05, 0.1) is 12.0 Å². The van der Waals surface area contributed by atoms with Crippen molar-refractivity contribution in [2.24, 2.45) is 5.92 Å². The molecule has 110 valence electrons. The molecule has 0 saturated carbocycles. The molecular formula is C17H24O3. The molecule has 20 heavy (non-hydrogen) atoms. The second kappa shape index (κ2) is 5.47. The van der Waals surface area contributed by atoms with Gasteiger partial charge in [0.1, 0.15) is 17.1 Å². The Morgan fingerprint density at radius 3 is 2.75 bits per heavy atom. The van der Waals surface area contributed by atoms with Gasteiger partial charge in [-0.1, -0.05) is 20.3 Å². The Balaban J connectivity index is 2.17. The zero-order chi connectivity index (χ0) is 14.9. The Labute approximate surface area is 121 Å². The molecule has 0 bridgehead atoms. The molecule has 3 nitrogen and oxygen atoms in total. The number of phenolic OH excluding ortho intramolecular Hbond substituents is 1. The van der Waals surface area contributed by atoms with Gasteiger partial charge in [-0.3, -0.25) is 4.79 Å². The lowest BCUT2D eigenvalue weighted by atomic mass is 9.86. The van der Waals surface area contributed by atoms with Crippen molar-refractivity contribution in [3.05, 3.63) is 23.3 Å². The first-order valence-electron chi connectivity index (χ1n) is 7.36. The van der Waals surface area contributed by atoms with Gasteiger partial charge in [-0.05, 0) is 50.3 Å². The molecule has 1 aromatic rings. The maximum absolute atomic E-state index is 12.3. The van der Waals surface area contributed by atoms with E-state index < -0.39 is 5.60 Å². The van der Waals surface area contributed by atoms with Crippen LogP contribution in [-0.4, -0.2) is 16.5 Å². The van der Waals surface area contributed by atoms with Crippen LogP contribution >= 0.6 is 0 Å². The topological polar surface area (TPSA) is 46.5 Å². The van der Waals surface area contributed by atoms with Gasteiger partial charge in [0, 0.05) is 0 Å². The minimum Gasteiger partial charge on any atom is -0.508 e. The molecule has 0 radical (unpaired) electrons. The van der Waals surface area contributed by atoms with Crippen LogP contribution in [-0.2, 0) is 0 Å². The predicted octanol–water partition coefficient (Wildman–Crippen LogP) is 4.25. The van der Waals surface area contributed by atoms with Gasteiger partial charge in [-0.2, -0.15) is 0 Å². The zero-order valence-electron chi connectivity index (χ0n) is 12.8. The average Bonchev–Trinajstić information content (AvgIpc) is 2.31. The lowest BCUT2D eigenvalue weighted by molar-refractivity contribution is 0.0447. The molecular weight excluding hydrogens is 252 g/mol. The number of aromatic hydroxyl groups is 1. The van der Waals surface area contributed by atoms with E-state index in [0.717, 1.165) is 24.8 Å². The Morgan fingerprint density at radius 1 is 1.40 bits per heavy atom. The van der Waals surface area contributed by atoms with E-state index in [1.54, 1.807) is 6.07 Å². The van der Waals surface area contributed by atoms with E-state index in [0.29, 0.717) is 23.7 Å². The summed E-state index contributed by atoms with van der Waals surface area (Å²) in [6.45, 7) is 8.23. The summed E-state index contributed by atoms with van der Waals surface area (Å²) in [5, 5.41) is 9.72. The highest BCUT2D eigenvalue weighted by Crippen LogP contribution is 2.39. The van der Waals surface area contributed by atoms with Crippen molar-refractivity contribution in [3.8, 4) is 11.5 Å². The van der Waals surface area contributed by atoms with Crippen LogP contribution < -0.4 is 4.74 Å². The maximum Gasteiger partial charge on any atom is 0.170 e. The average molecular weight is 276 g/mol. The van der Waals surface area contributed by atoms with E-state index in [1.165, 1.54) is 6.07 Å². The van der Waals surface area contributed by atoms with Crippen molar-refractivity contribution in [1.82, 2.24) is 0 Å². The second-order valence-corrected chi connectivity index (χ2v) is 6.57. The summed E-state index contributed by atoms with van der Waals surface area (Å²) in [6.07, 6.45) is 3.49. The van der Waals surface area contributed by atoms with Gasteiger partial charge in [-0.25, -0.2) is 0 Å². The van der Waals surface area contributed by atoms with Crippen molar-refractivity contribution in [3.63, 3.8) is 0 Å². The minimum absolute atomic E-state index is 0.0635. The number of aryl methyl sites for hydroxylation is 1. The zero-order valence-corrected chi connectivity index (χ0v) is 12.8. The van der Waals surface area contributed by atoms with Gasteiger partial charge in [0.15, 0.2) is 5.78 Å². The van der Waals surface area contributed by atoms with E-state index in [-0.39, 0.29) is 11.5 Å². The van der Waals surface area contributed by atoms with E-state index in [2.05, 4.69) is 13.8 Å². The molecule has 1 aromatic carbocycles. The fourth-order valence-electron chi connectivity index (χ4n) is 2.73. The van der Waals surface area contributed by atoms with Crippen LogP contribution in [0, 0.1) is 12.8 Å². The van der Waals surface area contributed by atoms with Crippen molar-refractivity contribution >= 4 is 5.78 Å². The Kier molecular flexibility index (Phi) is 4.07. The van der Waals surface area contributed by atoms with Gasteiger partial charge in [0.25, 0.3) is 0 Å². The number of rotatable bonds is 4. The smallest absolute Gasteiger partial charge is 0.170 e. The number of carbonyl (C=O) groups excluding carboxylic acids is 1. The first-order valence-corrected chi connectivity index (χ1v) is 7.36. The summed E-state index contributed by atoms with van der Waals surface area (Å²) in [7, 11) is 0. The van der Waals surface area contributed by atoms with E-state index in [1.807, 2.05) is 13.8 Å². The van der Waals surface area contributed by atoms with Gasteiger partial charge in [-0.15, -0.1) is 0 Å². The summed E-state index contributed by atoms with van der Waals surface area (Å²) in [5.74, 6) is 1.51. The van der Waals surface area contributed by atoms with Crippen molar-refractivity contribution in [2.75, 3.05) is 0 Å². The largest absolute Gasteiger partial charge is 0.508 e. The number of benzene rings is 1. The molecule has 1 heterocycles. The molecule has 0 aliphatic carbocycles. The second-order valence-electron chi connectivity index (χ2n) is 6.57. The summed E-state index contributed by atoms with van der Waals surface area (Å²) < 4.78 is 6.08. The summed E-state index contributed by atoms with van der Waals surface area (Å²) in [4.78, 5) is 12.3. The molecule has 2 rings (SSSR count). The number of fused-ring (bicyclic) bond motifs is 1. The van der Waals surface area contributed by atoms with Gasteiger partial charge >= 0.3 is 0 Å². The van der Waals surface area contributed by atoms with Crippen LogP contribution in [0.4, 0.5) is 0 Å². The number of hydrogen-bond acceptors (Lipinski definition) is 3. The van der Waals surface area contributed by atoms with Crippen LogP contribution in [0.2, 0.25) is 0 Å². The molecule has 0 spiro atoms. The van der Waals surface area contributed by atoms with E-state index in [4.69, 9.17) is 4.74 Å². The normalized spacial score (nSPS) is 21.8. The number of hydrogen-bond donors (Lipinski definition) is 1. The Bertz CT molecular complexity index is 519. The number of ketones is 1. The first kappa shape index (κ1) is 14.9.